The minimum absolute atomic E-state index is 0.128. The zero-order valence-corrected chi connectivity index (χ0v) is 16.3. The van der Waals surface area contributed by atoms with Gasteiger partial charge >= 0.3 is 5.97 Å². The Balaban J connectivity index is 1.59. The van der Waals surface area contributed by atoms with Crippen molar-refractivity contribution in [2.75, 3.05) is 13.1 Å². The minimum Gasteiger partial charge on any atom is -0.481 e. The van der Waals surface area contributed by atoms with E-state index >= 15 is 0 Å². The lowest BCUT2D eigenvalue weighted by Gasteiger charge is -2.31. The monoisotopic (exact) mass is 394 g/mol. The molecule has 1 fully saturated rings. The van der Waals surface area contributed by atoms with Gasteiger partial charge in [-0.25, -0.2) is 8.42 Å². The first-order chi connectivity index (χ1) is 12.8. The van der Waals surface area contributed by atoms with Crippen LogP contribution in [0.15, 0.2) is 23.1 Å². The van der Waals surface area contributed by atoms with E-state index in [-0.39, 0.29) is 18.2 Å². The van der Waals surface area contributed by atoms with Crippen molar-refractivity contribution in [2.45, 2.75) is 56.4 Å². The number of carbonyl (C=O) groups is 2. The zero-order valence-electron chi connectivity index (χ0n) is 15.5. The number of nitrogens with one attached hydrogen (secondary N) is 1. The van der Waals surface area contributed by atoms with Crippen LogP contribution in [0, 0.1) is 5.92 Å². The van der Waals surface area contributed by atoms with Crippen molar-refractivity contribution in [3.05, 3.63) is 29.3 Å². The Morgan fingerprint density at radius 1 is 1.22 bits per heavy atom. The average Bonchev–Trinajstić information content (AvgIpc) is 3.08. The first kappa shape index (κ1) is 19.8. The van der Waals surface area contributed by atoms with Crippen molar-refractivity contribution in [2.24, 2.45) is 5.92 Å². The number of aryl methyl sites for hydroxylation is 2. The van der Waals surface area contributed by atoms with E-state index in [9.17, 15) is 18.0 Å². The van der Waals surface area contributed by atoms with E-state index in [1.165, 1.54) is 9.87 Å². The number of hydrogen-bond acceptors (Lipinski definition) is 4. The maximum absolute atomic E-state index is 12.9. The van der Waals surface area contributed by atoms with Gasteiger partial charge in [-0.1, -0.05) is 6.07 Å². The summed E-state index contributed by atoms with van der Waals surface area (Å²) >= 11 is 0. The fourth-order valence-electron chi connectivity index (χ4n) is 3.89. The smallest absolute Gasteiger partial charge is 0.305 e. The Kier molecular flexibility index (Phi) is 5.86. The number of sulfonamides is 1. The van der Waals surface area contributed by atoms with Crippen LogP contribution in [0.25, 0.3) is 0 Å². The molecule has 1 saturated heterocycles. The first-order valence-electron chi connectivity index (χ1n) is 9.41. The van der Waals surface area contributed by atoms with E-state index in [0.717, 1.165) is 24.8 Å². The second-order valence-electron chi connectivity index (χ2n) is 7.47. The van der Waals surface area contributed by atoms with Gasteiger partial charge in [-0.15, -0.1) is 0 Å². The zero-order chi connectivity index (χ0) is 19.6. The third kappa shape index (κ3) is 4.50. The van der Waals surface area contributed by atoms with Gasteiger partial charge in [-0.05, 0) is 62.3 Å². The molecule has 0 bridgehead atoms. The Hall–Kier alpha value is -1.93. The standard InChI is InChI=1S/C19H26N2O5S/c1-13(11-18(22)23)20-19(24)15-7-9-21(10-8-15)27(25,26)17-6-5-14-3-2-4-16(14)12-17/h5-6,12-13,15H,2-4,7-11H2,1H3,(H,20,24)(H,22,23). The fraction of sp³-hybridized carbons (Fsp3) is 0.579. The van der Waals surface area contributed by atoms with Crippen molar-refractivity contribution >= 4 is 21.9 Å². The van der Waals surface area contributed by atoms with E-state index < -0.39 is 22.0 Å². The molecule has 1 amide bonds. The minimum atomic E-state index is -3.55. The van der Waals surface area contributed by atoms with Crippen LogP contribution in [0.1, 0.15) is 43.7 Å². The van der Waals surface area contributed by atoms with Crippen LogP contribution in [0.4, 0.5) is 0 Å². The van der Waals surface area contributed by atoms with Crippen molar-refractivity contribution in [1.29, 1.82) is 0 Å². The topological polar surface area (TPSA) is 104 Å². The van der Waals surface area contributed by atoms with Crippen LogP contribution in [-0.2, 0) is 32.5 Å². The Morgan fingerprint density at radius 3 is 2.56 bits per heavy atom. The first-order valence-corrected chi connectivity index (χ1v) is 10.9. The van der Waals surface area contributed by atoms with Crippen LogP contribution in [0.3, 0.4) is 0 Å². The molecule has 27 heavy (non-hydrogen) atoms. The van der Waals surface area contributed by atoms with E-state index in [2.05, 4.69) is 5.32 Å². The fourth-order valence-corrected chi connectivity index (χ4v) is 5.41. The molecule has 0 spiro atoms. The Morgan fingerprint density at radius 2 is 1.89 bits per heavy atom. The Bertz CT molecular complexity index is 829. The molecule has 1 aromatic rings. The molecule has 2 N–H and O–H groups in total. The van der Waals surface area contributed by atoms with E-state index in [4.69, 9.17) is 5.11 Å². The van der Waals surface area contributed by atoms with E-state index in [0.29, 0.717) is 30.8 Å². The van der Waals surface area contributed by atoms with Gasteiger partial charge in [-0.2, -0.15) is 4.31 Å². The maximum Gasteiger partial charge on any atom is 0.305 e. The molecule has 0 radical (unpaired) electrons. The van der Waals surface area contributed by atoms with Gasteiger partial charge in [0.25, 0.3) is 0 Å². The number of piperidine rings is 1. The molecule has 0 saturated carbocycles. The van der Waals surface area contributed by atoms with E-state index in [1.807, 2.05) is 6.07 Å². The number of carboxylic acids is 1. The molecule has 1 unspecified atom stereocenters. The van der Waals surface area contributed by atoms with Gasteiger partial charge in [0, 0.05) is 25.0 Å². The summed E-state index contributed by atoms with van der Waals surface area (Å²) in [6.45, 7) is 2.25. The number of nitrogens with zero attached hydrogens (tertiary/aromatic N) is 1. The third-order valence-corrected chi connectivity index (χ3v) is 7.30. The van der Waals surface area contributed by atoms with Gasteiger partial charge in [0.1, 0.15) is 0 Å². The molecular weight excluding hydrogens is 368 g/mol. The summed E-state index contributed by atoms with van der Waals surface area (Å²) in [5.41, 5.74) is 2.36. The van der Waals surface area contributed by atoms with Gasteiger partial charge < -0.3 is 10.4 Å². The maximum atomic E-state index is 12.9. The highest BCUT2D eigenvalue weighted by molar-refractivity contribution is 7.89. The summed E-state index contributed by atoms with van der Waals surface area (Å²) in [6.07, 6.45) is 3.76. The predicted octanol–water partition coefficient (Wildman–Crippen LogP) is 1.56. The molecule has 8 heteroatoms. The summed E-state index contributed by atoms with van der Waals surface area (Å²) in [4.78, 5) is 23.3. The van der Waals surface area contributed by atoms with Crippen LogP contribution in [0.5, 0.6) is 0 Å². The third-order valence-electron chi connectivity index (χ3n) is 5.40. The molecule has 3 rings (SSSR count). The summed E-state index contributed by atoms with van der Waals surface area (Å²) in [6, 6.07) is 4.96. The average molecular weight is 394 g/mol. The molecule has 7 nitrogen and oxygen atoms in total. The van der Waals surface area contributed by atoms with Crippen LogP contribution < -0.4 is 5.32 Å². The SMILES string of the molecule is CC(CC(=O)O)NC(=O)C1CCN(S(=O)(=O)c2ccc3c(c2)CCC3)CC1. The number of amides is 1. The summed E-state index contributed by atoms with van der Waals surface area (Å²) in [7, 11) is -3.55. The molecule has 0 aromatic heterocycles. The lowest BCUT2D eigenvalue weighted by Crippen LogP contribution is -2.45. The number of benzene rings is 1. The molecule has 1 aromatic carbocycles. The lowest BCUT2D eigenvalue weighted by molar-refractivity contribution is -0.137. The largest absolute Gasteiger partial charge is 0.481 e. The summed E-state index contributed by atoms with van der Waals surface area (Å²) < 4.78 is 27.3. The second kappa shape index (κ2) is 7.98. The number of rotatable bonds is 6. The lowest BCUT2D eigenvalue weighted by atomic mass is 9.97. The number of carboxylic acid groups (broad SMARTS) is 1. The van der Waals surface area contributed by atoms with Gasteiger partial charge in [-0.3, -0.25) is 9.59 Å². The van der Waals surface area contributed by atoms with Crippen molar-refractivity contribution < 1.29 is 23.1 Å². The summed E-state index contributed by atoms with van der Waals surface area (Å²) in [5, 5.41) is 11.5. The number of hydrogen-bond donors (Lipinski definition) is 2. The molecule has 1 aliphatic carbocycles. The predicted molar refractivity (Wildman–Crippen MR) is 99.8 cm³/mol. The van der Waals surface area contributed by atoms with Crippen molar-refractivity contribution in [3.63, 3.8) is 0 Å². The quantitative estimate of drug-likeness (QED) is 0.762. The second-order valence-corrected chi connectivity index (χ2v) is 9.41. The summed E-state index contributed by atoms with van der Waals surface area (Å²) in [5.74, 6) is -1.44. The molecule has 2 aliphatic rings. The molecule has 1 atom stereocenters. The Labute approximate surface area is 159 Å². The highest BCUT2D eigenvalue weighted by Crippen LogP contribution is 2.28. The van der Waals surface area contributed by atoms with Crippen LogP contribution >= 0.6 is 0 Å². The van der Waals surface area contributed by atoms with Gasteiger partial charge in [0.15, 0.2) is 0 Å². The highest BCUT2D eigenvalue weighted by atomic mass is 32.2. The van der Waals surface area contributed by atoms with Crippen LogP contribution in [0.2, 0.25) is 0 Å². The van der Waals surface area contributed by atoms with Gasteiger partial charge in [0.05, 0.1) is 11.3 Å². The molecule has 148 valence electrons. The van der Waals surface area contributed by atoms with E-state index in [1.54, 1.807) is 19.1 Å². The van der Waals surface area contributed by atoms with Crippen molar-refractivity contribution in [3.8, 4) is 0 Å². The normalized spacial score (nSPS) is 19.4. The number of carbonyl (C=O) groups excluding carboxylic acids is 1. The van der Waals surface area contributed by atoms with Crippen molar-refractivity contribution in [1.82, 2.24) is 9.62 Å². The van der Waals surface area contributed by atoms with Gasteiger partial charge in [0.2, 0.25) is 15.9 Å². The molecular formula is C19H26N2O5S. The molecule has 1 aliphatic heterocycles. The number of fused-ring (bicyclic) bond motifs is 1. The highest BCUT2D eigenvalue weighted by Gasteiger charge is 2.33. The number of aliphatic carboxylic acids is 1. The molecule has 1 heterocycles. The van der Waals surface area contributed by atoms with Crippen LogP contribution in [-0.4, -0.2) is 48.8 Å².